The van der Waals surface area contributed by atoms with E-state index in [2.05, 4.69) is 5.16 Å². The number of nitrogens with zero attached hydrogens (tertiary/aromatic N) is 1. The molecule has 0 spiro atoms. The van der Waals surface area contributed by atoms with Crippen molar-refractivity contribution in [3.63, 3.8) is 0 Å². The Morgan fingerprint density at radius 2 is 1.79 bits per heavy atom. The smallest absolute Gasteiger partial charge is 0.120 e. The third-order valence-electron chi connectivity index (χ3n) is 1.51. The van der Waals surface area contributed by atoms with Gasteiger partial charge in [-0.05, 0) is 50.6 Å². The zero-order valence-electron chi connectivity index (χ0n) is 8.69. The highest BCUT2D eigenvalue weighted by Gasteiger charge is 2.10. The van der Waals surface area contributed by atoms with Crippen LogP contribution < -0.4 is 4.74 Å². The van der Waals surface area contributed by atoms with Crippen LogP contribution in [0.5, 0.6) is 5.75 Å². The van der Waals surface area contributed by atoms with Gasteiger partial charge in [0.15, 0.2) is 0 Å². The number of ether oxygens (including phenoxy) is 1. The van der Waals surface area contributed by atoms with Gasteiger partial charge >= 0.3 is 0 Å². The van der Waals surface area contributed by atoms with Gasteiger partial charge in [-0.2, -0.15) is 0 Å². The zero-order chi connectivity index (χ0) is 10.6. The summed E-state index contributed by atoms with van der Waals surface area (Å²) >= 11 is 0. The van der Waals surface area contributed by atoms with Crippen molar-refractivity contribution >= 4 is 6.21 Å². The third-order valence-corrected chi connectivity index (χ3v) is 1.51. The minimum Gasteiger partial charge on any atom is -0.488 e. The van der Waals surface area contributed by atoms with E-state index < -0.39 is 0 Å². The van der Waals surface area contributed by atoms with Crippen LogP contribution in [-0.2, 0) is 0 Å². The Balaban J connectivity index is 2.74. The second-order valence-corrected chi connectivity index (χ2v) is 4.03. The number of benzene rings is 1. The molecule has 0 aliphatic rings. The van der Waals surface area contributed by atoms with E-state index in [4.69, 9.17) is 9.94 Å². The summed E-state index contributed by atoms with van der Waals surface area (Å²) in [6.45, 7) is 5.99. The van der Waals surface area contributed by atoms with Gasteiger partial charge in [0.25, 0.3) is 0 Å². The summed E-state index contributed by atoms with van der Waals surface area (Å²) in [6.07, 6.45) is 1.38. The van der Waals surface area contributed by atoms with Crippen LogP contribution in [0.4, 0.5) is 0 Å². The van der Waals surface area contributed by atoms with Crippen molar-refractivity contribution in [1.29, 1.82) is 0 Å². The molecule has 0 fully saturated rings. The summed E-state index contributed by atoms with van der Waals surface area (Å²) in [4.78, 5) is 0. The molecule has 1 N–H and O–H groups in total. The Hall–Kier alpha value is -1.51. The second kappa shape index (κ2) is 4.13. The summed E-state index contributed by atoms with van der Waals surface area (Å²) in [5.74, 6) is 0.813. The van der Waals surface area contributed by atoms with E-state index in [0.717, 1.165) is 11.3 Å². The molecule has 1 aromatic rings. The minimum absolute atomic E-state index is 0.188. The Labute approximate surface area is 84.0 Å². The molecule has 0 aliphatic heterocycles. The van der Waals surface area contributed by atoms with Crippen LogP contribution in [0.15, 0.2) is 29.4 Å². The Morgan fingerprint density at radius 3 is 2.21 bits per heavy atom. The molecule has 3 nitrogen and oxygen atoms in total. The van der Waals surface area contributed by atoms with E-state index in [0.29, 0.717) is 0 Å². The molecule has 0 bridgehead atoms. The zero-order valence-corrected chi connectivity index (χ0v) is 8.69. The molecular formula is C11H15NO2. The molecule has 0 unspecified atom stereocenters. The number of rotatable bonds is 2. The lowest BCUT2D eigenvalue weighted by Crippen LogP contribution is -2.22. The van der Waals surface area contributed by atoms with Crippen molar-refractivity contribution < 1.29 is 9.94 Å². The van der Waals surface area contributed by atoms with Crippen molar-refractivity contribution in [2.75, 3.05) is 0 Å². The van der Waals surface area contributed by atoms with Crippen LogP contribution in [0.2, 0.25) is 0 Å². The molecule has 0 radical (unpaired) electrons. The second-order valence-electron chi connectivity index (χ2n) is 4.03. The predicted molar refractivity (Wildman–Crippen MR) is 56.2 cm³/mol. The van der Waals surface area contributed by atoms with E-state index in [1.165, 1.54) is 6.21 Å². The average Bonchev–Trinajstić information content (AvgIpc) is 2.06. The van der Waals surface area contributed by atoms with Crippen molar-refractivity contribution in [1.82, 2.24) is 0 Å². The highest BCUT2D eigenvalue weighted by atomic mass is 16.5. The van der Waals surface area contributed by atoms with E-state index in [9.17, 15) is 0 Å². The molecule has 1 aromatic carbocycles. The van der Waals surface area contributed by atoms with Gasteiger partial charge in [-0.3, -0.25) is 0 Å². The molecule has 0 saturated heterocycles. The van der Waals surface area contributed by atoms with E-state index in [1.807, 2.05) is 45.0 Å². The van der Waals surface area contributed by atoms with Gasteiger partial charge in [-0.25, -0.2) is 0 Å². The first-order valence-electron chi connectivity index (χ1n) is 4.48. The molecule has 0 aliphatic carbocycles. The molecule has 76 valence electrons. The monoisotopic (exact) mass is 193 g/mol. The summed E-state index contributed by atoms with van der Waals surface area (Å²) in [7, 11) is 0. The van der Waals surface area contributed by atoms with Crippen LogP contribution in [0, 0.1) is 0 Å². The summed E-state index contributed by atoms with van der Waals surface area (Å²) in [5.41, 5.74) is 0.654. The molecule has 0 aromatic heterocycles. The van der Waals surface area contributed by atoms with Gasteiger partial charge < -0.3 is 9.94 Å². The molecule has 0 atom stereocenters. The number of hydrogen-bond acceptors (Lipinski definition) is 3. The lowest BCUT2D eigenvalue weighted by atomic mass is 10.2. The minimum atomic E-state index is -0.188. The molecule has 0 saturated carbocycles. The summed E-state index contributed by atoms with van der Waals surface area (Å²) in [6, 6.07) is 7.37. The summed E-state index contributed by atoms with van der Waals surface area (Å²) in [5, 5.41) is 11.3. The highest BCUT2D eigenvalue weighted by molar-refractivity contribution is 5.79. The molecular weight excluding hydrogens is 178 g/mol. The fourth-order valence-electron chi connectivity index (χ4n) is 1.04. The summed E-state index contributed by atoms with van der Waals surface area (Å²) < 4.78 is 5.63. The van der Waals surface area contributed by atoms with E-state index >= 15 is 0 Å². The van der Waals surface area contributed by atoms with Crippen LogP contribution in [0.1, 0.15) is 26.3 Å². The first kappa shape index (κ1) is 10.6. The van der Waals surface area contributed by atoms with Gasteiger partial charge in [0.1, 0.15) is 11.4 Å². The van der Waals surface area contributed by atoms with Gasteiger partial charge in [-0.1, -0.05) is 5.16 Å². The van der Waals surface area contributed by atoms with Gasteiger partial charge in [0, 0.05) is 0 Å². The predicted octanol–water partition coefficient (Wildman–Crippen LogP) is 2.67. The SMILES string of the molecule is CC(C)(C)Oc1ccc(/C=N\O)cc1. The van der Waals surface area contributed by atoms with Crippen LogP contribution in [0.3, 0.4) is 0 Å². The standard InChI is InChI=1S/C11H15NO2/c1-11(2,3)14-10-6-4-9(5-7-10)8-12-13/h4-8,13H,1-3H3/b12-8-. The lowest BCUT2D eigenvalue weighted by molar-refractivity contribution is 0.131. The maximum absolute atomic E-state index is 8.31. The lowest BCUT2D eigenvalue weighted by Gasteiger charge is -2.21. The topological polar surface area (TPSA) is 41.8 Å². The van der Waals surface area contributed by atoms with Crippen molar-refractivity contribution in [3.05, 3.63) is 29.8 Å². The van der Waals surface area contributed by atoms with Crippen molar-refractivity contribution in [2.45, 2.75) is 26.4 Å². The maximum Gasteiger partial charge on any atom is 0.120 e. The average molecular weight is 193 g/mol. The third kappa shape index (κ3) is 3.47. The fraction of sp³-hybridized carbons (Fsp3) is 0.364. The molecule has 14 heavy (non-hydrogen) atoms. The van der Waals surface area contributed by atoms with Gasteiger partial charge in [0.05, 0.1) is 6.21 Å². The van der Waals surface area contributed by atoms with Crippen molar-refractivity contribution in [3.8, 4) is 5.75 Å². The van der Waals surface area contributed by atoms with Crippen molar-refractivity contribution in [2.24, 2.45) is 5.16 Å². The quantitative estimate of drug-likeness (QED) is 0.445. The molecule has 0 heterocycles. The molecule has 0 amide bonds. The first-order valence-corrected chi connectivity index (χ1v) is 4.48. The largest absolute Gasteiger partial charge is 0.488 e. The molecule has 3 heteroatoms. The fourth-order valence-corrected chi connectivity index (χ4v) is 1.04. The van der Waals surface area contributed by atoms with Gasteiger partial charge in [-0.15, -0.1) is 0 Å². The normalized spacial score (nSPS) is 11.9. The van der Waals surface area contributed by atoms with E-state index in [1.54, 1.807) is 0 Å². The first-order chi connectivity index (χ1) is 6.51. The number of hydrogen-bond donors (Lipinski definition) is 1. The Morgan fingerprint density at radius 1 is 1.21 bits per heavy atom. The molecule has 1 rings (SSSR count). The van der Waals surface area contributed by atoms with Crippen LogP contribution in [0.25, 0.3) is 0 Å². The highest BCUT2D eigenvalue weighted by Crippen LogP contribution is 2.17. The van der Waals surface area contributed by atoms with E-state index in [-0.39, 0.29) is 5.60 Å². The van der Waals surface area contributed by atoms with Crippen LogP contribution >= 0.6 is 0 Å². The maximum atomic E-state index is 8.31. The van der Waals surface area contributed by atoms with Gasteiger partial charge in [0.2, 0.25) is 0 Å². The Bertz CT molecular complexity index is 309. The Kier molecular flexibility index (Phi) is 3.12. The van der Waals surface area contributed by atoms with Crippen LogP contribution in [-0.4, -0.2) is 17.0 Å². The number of oxime groups is 1.